The minimum Gasteiger partial charge on any atom is -0.391 e. The van der Waals surface area contributed by atoms with Gasteiger partial charge in [-0.2, -0.15) is 0 Å². The van der Waals surface area contributed by atoms with Crippen molar-refractivity contribution in [2.75, 3.05) is 6.54 Å². The Morgan fingerprint density at radius 3 is 2.48 bits per heavy atom. The van der Waals surface area contributed by atoms with Crippen molar-refractivity contribution in [2.45, 2.75) is 65.6 Å². The number of Topliss-reactive ketones (excluding diaryl/α,β-unsaturated/α-hetero) is 1. The molecule has 0 bridgehead atoms. The van der Waals surface area contributed by atoms with Gasteiger partial charge in [0, 0.05) is 31.1 Å². The van der Waals surface area contributed by atoms with E-state index >= 15 is 0 Å². The number of amides is 2. The van der Waals surface area contributed by atoms with Gasteiger partial charge >= 0.3 is 0 Å². The zero-order valence-corrected chi connectivity index (χ0v) is 25.8. The second kappa shape index (κ2) is 12.3. The van der Waals surface area contributed by atoms with Crippen molar-refractivity contribution in [3.8, 4) is 10.4 Å². The molecule has 0 radical (unpaired) electrons. The van der Waals surface area contributed by atoms with E-state index in [9.17, 15) is 19.5 Å². The van der Waals surface area contributed by atoms with Crippen molar-refractivity contribution in [3.63, 3.8) is 0 Å². The van der Waals surface area contributed by atoms with Crippen LogP contribution in [0.2, 0.25) is 0 Å². The smallest absolute Gasteiger partial charge is 0.243 e. The number of aryl methyl sites for hydroxylation is 1. The van der Waals surface area contributed by atoms with Gasteiger partial charge in [-0.15, -0.1) is 11.3 Å². The fourth-order valence-corrected chi connectivity index (χ4v) is 6.22. The predicted molar refractivity (Wildman–Crippen MR) is 159 cm³/mol. The van der Waals surface area contributed by atoms with Crippen LogP contribution in [0.1, 0.15) is 68.2 Å². The summed E-state index contributed by atoms with van der Waals surface area (Å²) in [6.07, 6.45) is 0.861. The van der Waals surface area contributed by atoms with Gasteiger partial charge in [-0.3, -0.25) is 14.4 Å². The Hall–Kier alpha value is -2.95. The van der Waals surface area contributed by atoms with Crippen molar-refractivity contribution in [1.29, 1.82) is 0 Å². The van der Waals surface area contributed by atoms with Gasteiger partial charge < -0.3 is 15.3 Å². The summed E-state index contributed by atoms with van der Waals surface area (Å²) in [7, 11) is 0. The first-order valence-electron chi connectivity index (χ1n) is 13.3. The molecule has 40 heavy (non-hydrogen) atoms. The van der Waals surface area contributed by atoms with E-state index in [2.05, 4.69) is 31.2 Å². The van der Waals surface area contributed by atoms with E-state index in [-0.39, 0.29) is 43.0 Å². The number of pyridine rings is 1. The molecule has 8 nitrogen and oxygen atoms in total. The van der Waals surface area contributed by atoms with E-state index in [0.717, 1.165) is 21.7 Å². The maximum absolute atomic E-state index is 13.9. The summed E-state index contributed by atoms with van der Waals surface area (Å²) < 4.78 is 0.541. The second-order valence-electron chi connectivity index (χ2n) is 11.4. The number of rotatable bonds is 8. The van der Waals surface area contributed by atoms with Crippen LogP contribution in [0.3, 0.4) is 0 Å². The average Bonchev–Trinajstić information content (AvgIpc) is 3.51. The molecule has 0 spiro atoms. The molecule has 1 aliphatic rings. The molecule has 1 saturated heterocycles. The Morgan fingerprint density at radius 1 is 1.18 bits per heavy atom. The van der Waals surface area contributed by atoms with Crippen molar-refractivity contribution < 1.29 is 19.5 Å². The molecule has 4 atom stereocenters. The first kappa shape index (κ1) is 30.0. The molecular formula is C30H35BrN4O4S. The van der Waals surface area contributed by atoms with Gasteiger partial charge in [0.2, 0.25) is 11.8 Å². The lowest BCUT2D eigenvalue weighted by molar-refractivity contribution is -0.144. The molecule has 3 aromatic rings. The van der Waals surface area contributed by atoms with E-state index in [4.69, 9.17) is 0 Å². The lowest BCUT2D eigenvalue weighted by atomic mass is 9.76. The average molecular weight is 628 g/mol. The summed E-state index contributed by atoms with van der Waals surface area (Å²) >= 11 is 4.87. The molecule has 3 heterocycles. The number of carbonyl (C=O) groups excluding carboxylic acids is 3. The number of thiazole rings is 1. The first-order valence-corrected chi connectivity index (χ1v) is 15.0. The molecule has 2 aromatic heterocycles. The number of hydrogen-bond acceptors (Lipinski definition) is 7. The SMILES string of the molecule is Cc1ncsc1-c1ccc([C@H](C)NC(=O)[C@@H]2C[C@@H](O)CN2C(=O)[C@@H](CC(=O)c2ccnc(Br)c2)C(C)(C)C)cc1. The predicted octanol–water partition coefficient (Wildman–Crippen LogP) is 5.35. The number of aliphatic hydroxyl groups is 1. The third kappa shape index (κ3) is 6.85. The Morgan fingerprint density at radius 2 is 1.88 bits per heavy atom. The van der Waals surface area contributed by atoms with Gasteiger partial charge in [0.15, 0.2) is 5.78 Å². The number of likely N-dealkylation sites (tertiary alicyclic amines) is 1. The van der Waals surface area contributed by atoms with Crippen LogP contribution in [0.25, 0.3) is 10.4 Å². The molecular weight excluding hydrogens is 592 g/mol. The second-order valence-corrected chi connectivity index (χ2v) is 13.1. The van der Waals surface area contributed by atoms with Gasteiger partial charge in [0.25, 0.3) is 0 Å². The fourth-order valence-electron chi connectivity index (χ4n) is 5.04. The number of aliphatic hydroxyl groups excluding tert-OH is 1. The maximum atomic E-state index is 13.9. The number of benzene rings is 1. The summed E-state index contributed by atoms with van der Waals surface area (Å²) in [6.45, 7) is 9.65. The zero-order valence-electron chi connectivity index (χ0n) is 23.3. The third-order valence-corrected chi connectivity index (χ3v) is 8.83. The normalized spacial score (nSPS) is 18.8. The Bertz CT molecular complexity index is 1380. The summed E-state index contributed by atoms with van der Waals surface area (Å²) in [5.74, 6) is -1.48. The van der Waals surface area contributed by atoms with Gasteiger partial charge in [-0.25, -0.2) is 9.97 Å². The van der Waals surface area contributed by atoms with Gasteiger partial charge in [-0.05, 0) is 58.5 Å². The Kier molecular flexibility index (Phi) is 9.22. The summed E-state index contributed by atoms with van der Waals surface area (Å²) in [5.41, 5.74) is 4.72. The highest BCUT2D eigenvalue weighted by Gasteiger charge is 2.44. The van der Waals surface area contributed by atoms with E-state index < -0.39 is 23.5 Å². The Balaban J connectivity index is 1.48. The number of ketones is 1. The number of aromatic nitrogens is 2. The summed E-state index contributed by atoms with van der Waals surface area (Å²) in [5, 5.41) is 13.5. The molecule has 0 saturated carbocycles. The van der Waals surface area contributed by atoms with Gasteiger partial charge in [0.1, 0.15) is 10.6 Å². The van der Waals surface area contributed by atoms with Crippen LogP contribution in [0.5, 0.6) is 0 Å². The maximum Gasteiger partial charge on any atom is 0.243 e. The molecule has 2 N–H and O–H groups in total. The van der Waals surface area contributed by atoms with Crippen LogP contribution < -0.4 is 5.32 Å². The molecule has 2 amide bonds. The largest absolute Gasteiger partial charge is 0.391 e. The highest BCUT2D eigenvalue weighted by atomic mass is 79.9. The van der Waals surface area contributed by atoms with E-state index in [0.29, 0.717) is 10.2 Å². The molecule has 1 fully saturated rings. The lowest BCUT2D eigenvalue weighted by Crippen LogP contribution is -2.50. The van der Waals surface area contributed by atoms with Crippen molar-refractivity contribution in [3.05, 3.63) is 69.5 Å². The van der Waals surface area contributed by atoms with E-state index in [1.54, 1.807) is 23.5 Å². The number of hydrogen-bond donors (Lipinski definition) is 2. The summed E-state index contributed by atoms with van der Waals surface area (Å²) in [6, 6.07) is 10.1. The highest BCUT2D eigenvalue weighted by molar-refractivity contribution is 9.10. The van der Waals surface area contributed by atoms with E-state index in [1.807, 2.05) is 64.4 Å². The van der Waals surface area contributed by atoms with Crippen LogP contribution in [-0.4, -0.2) is 56.3 Å². The van der Waals surface area contributed by atoms with Crippen LogP contribution in [-0.2, 0) is 9.59 Å². The lowest BCUT2D eigenvalue weighted by Gasteiger charge is -2.35. The molecule has 212 valence electrons. The van der Waals surface area contributed by atoms with Crippen LogP contribution in [0, 0.1) is 18.3 Å². The van der Waals surface area contributed by atoms with Crippen molar-refractivity contribution in [2.24, 2.45) is 11.3 Å². The van der Waals surface area contributed by atoms with E-state index in [1.165, 1.54) is 11.1 Å². The number of nitrogens with zero attached hydrogens (tertiary/aromatic N) is 3. The number of halogens is 1. The zero-order chi connectivity index (χ0) is 29.2. The topological polar surface area (TPSA) is 112 Å². The minimum atomic E-state index is -0.820. The van der Waals surface area contributed by atoms with Crippen LogP contribution >= 0.6 is 27.3 Å². The van der Waals surface area contributed by atoms with Gasteiger partial charge in [-0.1, -0.05) is 45.0 Å². The molecule has 4 rings (SSSR count). The Labute approximate surface area is 247 Å². The minimum absolute atomic E-state index is 0.0122. The highest BCUT2D eigenvalue weighted by Crippen LogP contribution is 2.34. The standard InChI is InChI=1S/C30H35BrN4O4S/c1-17(19-6-8-20(9-7-19)27-18(2)33-16-40-27)34-28(38)24-13-22(36)15-35(24)29(39)23(30(3,4)5)14-25(37)21-10-11-32-26(31)12-21/h6-12,16-17,22-24,36H,13-15H2,1-5H3,(H,34,38)/t17-,22+,23+,24-/m0/s1. The first-order chi connectivity index (χ1) is 18.8. The van der Waals surface area contributed by atoms with Crippen LogP contribution in [0.15, 0.2) is 52.7 Å². The molecule has 10 heteroatoms. The van der Waals surface area contributed by atoms with Crippen molar-refractivity contribution in [1.82, 2.24) is 20.2 Å². The number of nitrogens with one attached hydrogen (secondary N) is 1. The van der Waals surface area contributed by atoms with Crippen molar-refractivity contribution >= 4 is 44.9 Å². The number of carbonyl (C=O) groups is 3. The molecule has 1 aromatic carbocycles. The summed E-state index contributed by atoms with van der Waals surface area (Å²) in [4.78, 5) is 51.4. The monoisotopic (exact) mass is 626 g/mol. The molecule has 1 aliphatic heterocycles. The third-order valence-electron chi connectivity index (χ3n) is 7.42. The fraction of sp³-hybridized carbons (Fsp3) is 0.433. The quantitative estimate of drug-likeness (QED) is 0.257. The number of β-amino-alcohol motifs (C(OH)–C–C–N with tert-alkyl or cyclic N) is 1. The van der Waals surface area contributed by atoms with Crippen LogP contribution in [0.4, 0.5) is 0 Å². The molecule has 0 aliphatic carbocycles. The van der Waals surface area contributed by atoms with Gasteiger partial charge in [0.05, 0.1) is 34.1 Å². The molecule has 0 unspecified atom stereocenters.